The maximum Gasteiger partial charge on any atom is 0.305 e. The van der Waals surface area contributed by atoms with Crippen LogP contribution in [0.25, 0.3) is 11.1 Å². The highest BCUT2D eigenvalue weighted by molar-refractivity contribution is 5.69. The van der Waals surface area contributed by atoms with E-state index in [4.69, 9.17) is 0 Å². The molecular weight excluding hydrogens is 238 g/mol. The minimum atomic E-state index is -0.172. The fourth-order valence-corrected chi connectivity index (χ4v) is 1.94. The predicted octanol–water partition coefficient (Wildman–Crippen LogP) is 3.16. The Morgan fingerprint density at radius 1 is 1.16 bits per heavy atom. The Balaban J connectivity index is 2.08. The van der Waals surface area contributed by atoms with E-state index in [2.05, 4.69) is 27.9 Å². The summed E-state index contributed by atoms with van der Waals surface area (Å²) in [5.41, 5.74) is 4.46. The Bertz CT molecular complexity index is 561. The Hall–Kier alpha value is -2.16. The largest absolute Gasteiger partial charge is 0.469 e. The van der Waals surface area contributed by atoms with E-state index in [-0.39, 0.29) is 5.97 Å². The molecule has 3 heteroatoms. The van der Waals surface area contributed by atoms with Gasteiger partial charge in [0.2, 0.25) is 0 Å². The number of esters is 1. The molecule has 1 aromatic heterocycles. The summed E-state index contributed by atoms with van der Waals surface area (Å²) < 4.78 is 4.63. The van der Waals surface area contributed by atoms with Crippen molar-refractivity contribution in [2.75, 3.05) is 7.11 Å². The quantitative estimate of drug-likeness (QED) is 0.788. The molecule has 0 aliphatic heterocycles. The van der Waals surface area contributed by atoms with Crippen LogP contribution in [-0.4, -0.2) is 18.1 Å². The maximum atomic E-state index is 11.1. The smallest absolute Gasteiger partial charge is 0.305 e. The fourth-order valence-electron chi connectivity index (χ4n) is 1.94. The van der Waals surface area contributed by atoms with E-state index in [1.54, 1.807) is 0 Å². The van der Waals surface area contributed by atoms with Crippen LogP contribution in [0.15, 0.2) is 42.6 Å². The van der Waals surface area contributed by atoms with Crippen LogP contribution in [0.2, 0.25) is 0 Å². The molecule has 0 fully saturated rings. The first-order chi connectivity index (χ1) is 9.19. The lowest BCUT2D eigenvalue weighted by molar-refractivity contribution is -0.140. The van der Waals surface area contributed by atoms with Gasteiger partial charge in [-0.15, -0.1) is 0 Å². The second kappa shape index (κ2) is 6.14. The minimum Gasteiger partial charge on any atom is -0.469 e. The van der Waals surface area contributed by atoms with E-state index < -0.39 is 0 Å². The lowest BCUT2D eigenvalue weighted by Gasteiger charge is -2.05. The van der Waals surface area contributed by atoms with Gasteiger partial charge in [-0.2, -0.15) is 0 Å². The lowest BCUT2D eigenvalue weighted by atomic mass is 10.0. The minimum absolute atomic E-state index is 0.172. The highest BCUT2D eigenvalue weighted by Crippen LogP contribution is 2.20. The molecule has 3 nitrogen and oxygen atoms in total. The molecule has 0 amide bonds. The number of pyridine rings is 1. The zero-order valence-electron chi connectivity index (χ0n) is 11.2. The summed E-state index contributed by atoms with van der Waals surface area (Å²) in [6.07, 6.45) is 2.95. The molecular formula is C16H17NO2. The van der Waals surface area contributed by atoms with Gasteiger partial charge >= 0.3 is 5.97 Å². The third kappa shape index (κ3) is 3.65. The van der Waals surface area contributed by atoms with Crippen molar-refractivity contribution in [2.45, 2.75) is 19.8 Å². The first-order valence-electron chi connectivity index (χ1n) is 6.28. The molecule has 0 atom stereocenters. The summed E-state index contributed by atoms with van der Waals surface area (Å²) in [5.74, 6) is -0.172. The molecule has 1 aromatic carbocycles. The average molecular weight is 255 g/mol. The highest BCUT2D eigenvalue weighted by Gasteiger charge is 2.02. The van der Waals surface area contributed by atoms with Gasteiger partial charge in [0.15, 0.2) is 0 Å². The van der Waals surface area contributed by atoms with E-state index in [1.807, 2.05) is 31.3 Å². The fraction of sp³-hybridized carbons (Fsp3) is 0.250. The van der Waals surface area contributed by atoms with Gasteiger partial charge in [-0.1, -0.05) is 24.3 Å². The van der Waals surface area contributed by atoms with Crippen LogP contribution in [-0.2, 0) is 16.0 Å². The van der Waals surface area contributed by atoms with Crippen molar-refractivity contribution in [1.29, 1.82) is 0 Å². The van der Waals surface area contributed by atoms with Crippen molar-refractivity contribution < 1.29 is 9.53 Å². The zero-order valence-corrected chi connectivity index (χ0v) is 11.2. The van der Waals surface area contributed by atoms with Crippen molar-refractivity contribution in [3.8, 4) is 11.1 Å². The highest BCUT2D eigenvalue weighted by atomic mass is 16.5. The van der Waals surface area contributed by atoms with E-state index >= 15 is 0 Å². The van der Waals surface area contributed by atoms with Gasteiger partial charge < -0.3 is 4.74 Å². The number of methoxy groups -OCH3 is 1. The van der Waals surface area contributed by atoms with Gasteiger partial charge in [0.25, 0.3) is 0 Å². The Morgan fingerprint density at radius 2 is 1.89 bits per heavy atom. The standard InChI is InChI=1S/C16H17NO2/c1-12-11-15(9-10-17-12)14-6-3-13(4-7-14)5-8-16(18)19-2/h3-4,6-7,9-11H,5,8H2,1-2H3. The number of carbonyl (C=O) groups excluding carboxylic acids is 1. The molecule has 19 heavy (non-hydrogen) atoms. The average Bonchev–Trinajstić information content (AvgIpc) is 2.45. The number of rotatable bonds is 4. The van der Waals surface area contributed by atoms with Gasteiger partial charge in [-0.25, -0.2) is 0 Å². The second-order valence-corrected chi connectivity index (χ2v) is 4.46. The number of nitrogens with zero attached hydrogens (tertiary/aromatic N) is 1. The number of carbonyl (C=O) groups is 1. The first-order valence-corrected chi connectivity index (χ1v) is 6.28. The number of aromatic nitrogens is 1. The summed E-state index contributed by atoms with van der Waals surface area (Å²) in [6, 6.07) is 12.3. The van der Waals surface area contributed by atoms with Crippen molar-refractivity contribution in [3.63, 3.8) is 0 Å². The first kappa shape index (κ1) is 13.3. The SMILES string of the molecule is COC(=O)CCc1ccc(-c2ccnc(C)c2)cc1. The van der Waals surface area contributed by atoms with Crippen molar-refractivity contribution >= 4 is 5.97 Å². The number of ether oxygens (including phenoxy) is 1. The normalized spacial score (nSPS) is 10.2. The summed E-state index contributed by atoms with van der Waals surface area (Å²) in [5, 5.41) is 0. The van der Waals surface area contributed by atoms with Crippen LogP contribution >= 0.6 is 0 Å². The van der Waals surface area contributed by atoms with E-state index in [0.717, 1.165) is 22.4 Å². The molecule has 0 saturated heterocycles. The van der Waals surface area contributed by atoms with Gasteiger partial charge in [0.1, 0.15) is 0 Å². The molecule has 2 aromatic rings. The van der Waals surface area contributed by atoms with Gasteiger partial charge in [0.05, 0.1) is 7.11 Å². The van der Waals surface area contributed by atoms with E-state index in [1.165, 1.54) is 7.11 Å². The topological polar surface area (TPSA) is 39.2 Å². The molecule has 0 bridgehead atoms. The Kier molecular flexibility index (Phi) is 4.29. The maximum absolute atomic E-state index is 11.1. The lowest BCUT2D eigenvalue weighted by Crippen LogP contribution is -2.01. The van der Waals surface area contributed by atoms with Gasteiger partial charge in [-0.05, 0) is 42.2 Å². The molecule has 98 valence electrons. The number of hydrogen-bond donors (Lipinski definition) is 0. The van der Waals surface area contributed by atoms with Crippen LogP contribution in [0, 0.1) is 6.92 Å². The summed E-state index contributed by atoms with van der Waals surface area (Å²) in [7, 11) is 1.41. The molecule has 2 rings (SSSR count). The monoisotopic (exact) mass is 255 g/mol. The molecule has 0 aliphatic rings. The Labute approximate surface area is 113 Å². The number of aryl methyl sites for hydroxylation is 2. The van der Waals surface area contributed by atoms with Crippen molar-refractivity contribution in [3.05, 3.63) is 53.9 Å². The molecule has 0 N–H and O–H groups in total. The third-order valence-electron chi connectivity index (χ3n) is 3.03. The molecule has 0 saturated carbocycles. The summed E-state index contributed by atoms with van der Waals surface area (Å²) >= 11 is 0. The number of benzene rings is 1. The van der Waals surface area contributed by atoms with Crippen LogP contribution in [0.5, 0.6) is 0 Å². The summed E-state index contributed by atoms with van der Waals surface area (Å²) in [6.45, 7) is 1.98. The molecule has 0 unspecified atom stereocenters. The predicted molar refractivity (Wildman–Crippen MR) is 74.7 cm³/mol. The number of hydrogen-bond acceptors (Lipinski definition) is 3. The second-order valence-electron chi connectivity index (χ2n) is 4.46. The van der Waals surface area contributed by atoms with Crippen molar-refractivity contribution in [2.24, 2.45) is 0 Å². The molecule has 1 heterocycles. The van der Waals surface area contributed by atoms with E-state index in [9.17, 15) is 4.79 Å². The molecule has 0 aliphatic carbocycles. The molecule has 0 spiro atoms. The van der Waals surface area contributed by atoms with Crippen LogP contribution in [0.1, 0.15) is 17.7 Å². The van der Waals surface area contributed by atoms with Crippen LogP contribution < -0.4 is 0 Å². The zero-order chi connectivity index (χ0) is 13.7. The van der Waals surface area contributed by atoms with Crippen molar-refractivity contribution in [1.82, 2.24) is 4.98 Å². The molecule has 0 radical (unpaired) electrons. The van der Waals surface area contributed by atoms with Crippen LogP contribution in [0.4, 0.5) is 0 Å². The van der Waals surface area contributed by atoms with Gasteiger partial charge in [0, 0.05) is 18.3 Å². The van der Waals surface area contributed by atoms with Gasteiger partial charge in [-0.3, -0.25) is 9.78 Å². The Morgan fingerprint density at radius 3 is 2.53 bits per heavy atom. The third-order valence-corrected chi connectivity index (χ3v) is 3.03. The van der Waals surface area contributed by atoms with E-state index in [0.29, 0.717) is 12.8 Å². The van der Waals surface area contributed by atoms with Crippen LogP contribution in [0.3, 0.4) is 0 Å². The summed E-state index contributed by atoms with van der Waals surface area (Å²) in [4.78, 5) is 15.3.